The van der Waals surface area contributed by atoms with E-state index >= 15 is 0 Å². The van der Waals surface area contributed by atoms with Crippen molar-refractivity contribution in [1.82, 2.24) is 5.32 Å². The minimum absolute atomic E-state index is 0.0622. The van der Waals surface area contributed by atoms with Gasteiger partial charge in [0.2, 0.25) is 0 Å². The van der Waals surface area contributed by atoms with Crippen molar-refractivity contribution in [2.75, 3.05) is 18.5 Å². The van der Waals surface area contributed by atoms with Crippen LogP contribution in [-0.2, 0) is 4.79 Å². The second kappa shape index (κ2) is 8.05. The molecule has 1 aromatic rings. The number of benzene rings is 1. The summed E-state index contributed by atoms with van der Waals surface area (Å²) in [5.41, 5.74) is 0.154. The second-order valence-electron chi connectivity index (χ2n) is 4.08. The highest BCUT2D eigenvalue weighted by atomic mass is 19.1. The van der Waals surface area contributed by atoms with Crippen molar-refractivity contribution >= 4 is 17.7 Å². The quantitative estimate of drug-likeness (QED) is 0.605. The molecule has 0 aromatic heterocycles. The fourth-order valence-electron chi connectivity index (χ4n) is 1.56. The highest BCUT2D eigenvalue weighted by Crippen LogP contribution is 2.21. The standard InChI is InChI=1S/C13H17FN2O5/c1-2-21-11-4-3-8(7-9(11)14)15-13(20)16-10(5-6-17)12(18)19/h3-4,7,10,17H,2,5-6H2,1H3,(H,18,19)(H2,15,16,20)/t10-/m0/s1. The minimum Gasteiger partial charge on any atom is -0.491 e. The lowest BCUT2D eigenvalue weighted by Crippen LogP contribution is -2.43. The molecular weight excluding hydrogens is 283 g/mol. The smallest absolute Gasteiger partial charge is 0.326 e. The van der Waals surface area contributed by atoms with Crippen LogP contribution in [0.3, 0.4) is 0 Å². The number of nitrogens with one attached hydrogen (secondary N) is 2. The van der Waals surface area contributed by atoms with Crippen LogP contribution in [0.25, 0.3) is 0 Å². The first kappa shape index (κ1) is 16.7. The van der Waals surface area contributed by atoms with Crippen molar-refractivity contribution < 1.29 is 28.9 Å². The molecule has 0 aliphatic carbocycles. The molecule has 1 atom stereocenters. The highest BCUT2D eigenvalue weighted by Gasteiger charge is 2.19. The van der Waals surface area contributed by atoms with E-state index in [0.717, 1.165) is 6.07 Å². The predicted molar refractivity (Wildman–Crippen MR) is 72.9 cm³/mol. The Morgan fingerprint density at radius 1 is 1.43 bits per heavy atom. The van der Waals surface area contributed by atoms with Crippen molar-refractivity contribution in [3.05, 3.63) is 24.0 Å². The Labute approximate surface area is 120 Å². The lowest BCUT2D eigenvalue weighted by atomic mass is 10.2. The van der Waals surface area contributed by atoms with Gasteiger partial charge in [0.15, 0.2) is 11.6 Å². The Hall–Kier alpha value is -2.35. The number of carboxylic acid groups (broad SMARTS) is 1. The first-order chi connectivity index (χ1) is 9.97. The maximum Gasteiger partial charge on any atom is 0.326 e. The first-order valence-electron chi connectivity index (χ1n) is 6.31. The van der Waals surface area contributed by atoms with Crippen LogP contribution in [0.15, 0.2) is 18.2 Å². The van der Waals surface area contributed by atoms with Crippen molar-refractivity contribution in [2.24, 2.45) is 0 Å². The molecule has 0 aliphatic heterocycles. The fourth-order valence-corrected chi connectivity index (χ4v) is 1.56. The molecule has 0 aliphatic rings. The van der Waals surface area contributed by atoms with Gasteiger partial charge in [-0.2, -0.15) is 0 Å². The third-order valence-electron chi connectivity index (χ3n) is 2.51. The number of hydrogen-bond acceptors (Lipinski definition) is 4. The molecule has 0 saturated carbocycles. The molecule has 4 N–H and O–H groups in total. The van der Waals surface area contributed by atoms with E-state index in [9.17, 15) is 14.0 Å². The molecule has 0 fully saturated rings. The first-order valence-corrected chi connectivity index (χ1v) is 6.31. The summed E-state index contributed by atoms with van der Waals surface area (Å²) < 4.78 is 18.6. The highest BCUT2D eigenvalue weighted by molar-refractivity contribution is 5.92. The van der Waals surface area contributed by atoms with E-state index in [0.29, 0.717) is 6.61 Å². The van der Waals surface area contributed by atoms with Gasteiger partial charge in [-0.15, -0.1) is 0 Å². The molecule has 7 nitrogen and oxygen atoms in total. The average Bonchev–Trinajstić information content (AvgIpc) is 2.41. The number of carbonyl (C=O) groups is 2. The van der Waals surface area contributed by atoms with Gasteiger partial charge in [0.1, 0.15) is 6.04 Å². The summed E-state index contributed by atoms with van der Waals surface area (Å²) in [5, 5.41) is 22.0. The van der Waals surface area contributed by atoms with Crippen molar-refractivity contribution in [3.63, 3.8) is 0 Å². The number of aliphatic hydroxyl groups is 1. The van der Waals surface area contributed by atoms with Crippen LogP contribution in [0.5, 0.6) is 5.75 Å². The molecule has 2 amide bonds. The van der Waals surface area contributed by atoms with E-state index in [1.54, 1.807) is 6.92 Å². The van der Waals surface area contributed by atoms with Gasteiger partial charge in [-0.25, -0.2) is 14.0 Å². The number of hydrogen-bond donors (Lipinski definition) is 4. The summed E-state index contributed by atoms with van der Waals surface area (Å²) in [6.07, 6.45) is -0.125. The van der Waals surface area contributed by atoms with Crippen molar-refractivity contribution in [1.29, 1.82) is 0 Å². The van der Waals surface area contributed by atoms with Crippen LogP contribution < -0.4 is 15.4 Å². The van der Waals surface area contributed by atoms with E-state index in [1.165, 1.54) is 12.1 Å². The van der Waals surface area contributed by atoms with Crippen LogP contribution in [0.1, 0.15) is 13.3 Å². The Morgan fingerprint density at radius 3 is 2.67 bits per heavy atom. The molecule has 0 radical (unpaired) electrons. The number of ether oxygens (including phenoxy) is 1. The number of rotatable bonds is 7. The van der Waals surface area contributed by atoms with Gasteiger partial charge in [0, 0.05) is 24.8 Å². The number of carboxylic acids is 1. The van der Waals surface area contributed by atoms with Crippen LogP contribution in [0, 0.1) is 5.82 Å². The van der Waals surface area contributed by atoms with E-state index < -0.39 is 23.9 Å². The Balaban J connectivity index is 2.66. The van der Waals surface area contributed by atoms with Gasteiger partial charge < -0.3 is 25.6 Å². The lowest BCUT2D eigenvalue weighted by Gasteiger charge is -2.14. The molecular formula is C13H17FN2O5. The van der Waals surface area contributed by atoms with Crippen molar-refractivity contribution in [2.45, 2.75) is 19.4 Å². The molecule has 0 heterocycles. The van der Waals surface area contributed by atoms with Crippen LogP contribution in [-0.4, -0.2) is 41.5 Å². The third kappa shape index (κ3) is 5.27. The molecule has 116 valence electrons. The van der Waals surface area contributed by atoms with E-state index in [-0.39, 0.29) is 24.5 Å². The van der Waals surface area contributed by atoms with Crippen LogP contribution in [0.2, 0.25) is 0 Å². The van der Waals surface area contributed by atoms with Crippen LogP contribution in [0.4, 0.5) is 14.9 Å². The molecule has 8 heteroatoms. The molecule has 0 bridgehead atoms. The zero-order chi connectivity index (χ0) is 15.8. The zero-order valence-electron chi connectivity index (χ0n) is 11.4. The lowest BCUT2D eigenvalue weighted by molar-refractivity contribution is -0.139. The molecule has 0 saturated heterocycles. The number of aliphatic hydroxyl groups excluding tert-OH is 1. The molecule has 21 heavy (non-hydrogen) atoms. The Bertz CT molecular complexity index is 509. The van der Waals surface area contributed by atoms with E-state index in [4.69, 9.17) is 14.9 Å². The summed E-state index contributed by atoms with van der Waals surface area (Å²) >= 11 is 0. The monoisotopic (exact) mass is 300 g/mol. The largest absolute Gasteiger partial charge is 0.491 e. The molecule has 0 spiro atoms. The Morgan fingerprint density at radius 2 is 2.14 bits per heavy atom. The maximum atomic E-state index is 13.6. The van der Waals surface area contributed by atoms with Gasteiger partial charge in [0.25, 0.3) is 0 Å². The fraction of sp³-hybridized carbons (Fsp3) is 0.385. The van der Waals surface area contributed by atoms with Crippen LogP contribution >= 0.6 is 0 Å². The summed E-state index contributed by atoms with van der Waals surface area (Å²) in [7, 11) is 0. The van der Waals surface area contributed by atoms with E-state index in [1.807, 2.05) is 0 Å². The number of anilines is 1. The third-order valence-corrected chi connectivity index (χ3v) is 2.51. The number of halogens is 1. The van der Waals surface area contributed by atoms with E-state index in [2.05, 4.69) is 10.6 Å². The van der Waals surface area contributed by atoms with Gasteiger partial charge in [-0.05, 0) is 19.1 Å². The molecule has 0 unspecified atom stereocenters. The van der Waals surface area contributed by atoms with Gasteiger partial charge >= 0.3 is 12.0 Å². The summed E-state index contributed by atoms with van der Waals surface area (Å²) in [5.74, 6) is -1.84. The van der Waals surface area contributed by atoms with Crippen molar-refractivity contribution in [3.8, 4) is 5.75 Å². The maximum absolute atomic E-state index is 13.6. The van der Waals surface area contributed by atoms with Gasteiger partial charge in [-0.1, -0.05) is 0 Å². The van der Waals surface area contributed by atoms with Gasteiger partial charge in [0.05, 0.1) is 6.61 Å². The van der Waals surface area contributed by atoms with Gasteiger partial charge in [-0.3, -0.25) is 0 Å². The number of amides is 2. The number of urea groups is 1. The topological polar surface area (TPSA) is 108 Å². The zero-order valence-corrected chi connectivity index (χ0v) is 11.4. The Kier molecular flexibility index (Phi) is 6.41. The molecule has 1 rings (SSSR count). The molecule has 1 aromatic carbocycles. The number of aliphatic carboxylic acids is 1. The minimum atomic E-state index is -1.27. The average molecular weight is 300 g/mol. The SMILES string of the molecule is CCOc1ccc(NC(=O)N[C@@H](CCO)C(=O)O)cc1F. The summed E-state index contributed by atoms with van der Waals surface area (Å²) in [4.78, 5) is 22.4. The predicted octanol–water partition coefficient (Wildman–Crippen LogP) is 1.18. The normalized spacial score (nSPS) is 11.6. The number of carbonyl (C=O) groups excluding carboxylic acids is 1. The summed E-state index contributed by atoms with van der Waals surface area (Å²) in [6.45, 7) is 1.65. The second-order valence-corrected chi connectivity index (χ2v) is 4.08. The summed E-state index contributed by atoms with van der Waals surface area (Å²) in [6, 6.07) is 1.82.